The van der Waals surface area contributed by atoms with Crippen LogP contribution in [0.1, 0.15) is 32.1 Å². The average Bonchev–Trinajstić information content (AvgIpc) is 2.72. The highest BCUT2D eigenvalue weighted by atomic mass is 32.2. The van der Waals surface area contributed by atoms with Crippen molar-refractivity contribution >= 4 is 41.4 Å². The molecule has 0 spiro atoms. The molecule has 0 heterocycles. The summed E-state index contributed by atoms with van der Waals surface area (Å²) in [5, 5.41) is 34.4. The minimum absolute atomic E-state index is 0.123. The first kappa shape index (κ1) is 29.6. The fourth-order valence-corrected chi connectivity index (χ4v) is 3.02. The fraction of sp³-hybridized carbons (Fsp3) is 0.722. The number of amides is 3. The third-order valence-electron chi connectivity index (χ3n) is 4.35. The number of carboxylic acids is 2. The zero-order valence-corrected chi connectivity index (χ0v) is 18.7. The molecule has 0 fully saturated rings. The van der Waals surface area contributed by atoms with Gasteiger partial charge < -0.3 is 42.7 Å². The van der Waals surface area contributed by atoms with Crippen molar-refractivity contribution in [3.05, 3.63) is 0 Å². The molecule has 0 saturated heterocycles. The van der Waals surface area contributed by atoms with E-state index < -0.39 is 66.9 Å². The molecule has 0 bridgehead atoms. The van der Waals surface area contributed by atoms with Gasteiger partial charge in [-0.2, -0.15) is 11.8 Å². The molecule has 4 unspecified atom stereocenters. The van der Waals surface area contributed by atoms with Crippen LogP contribution in [0.2, 0.25) is 0 Å². The number of hydrogen-bond acceptors (Lipinski definition) is 9. The normalized spacial score (nSPS) is 14.5. The van der Waals surface area contributed by atoms with Gasteiger partial charge >= 0.3 is 11.9 Å². The van der Waals surface area contributed by atoms with Crippen LogP contribution in [0.5, 0.6) is 0 Å². The standard InChI is InChI=1S/C18H33N5O8S/c1-32-7-5-11(21-15(27)10(20)8-14(25)26)16(28)23-13(9-24)17(29)22-12(18(30)31)4-2-3-6-19/h10-13,24H,2-9,19-20H2,1H3,(H,21,27)(H,22,29)(H,23,28)(H,25,26)(H,30,31). The lowest BCUT2D eigenvalue weighted by atomic mass is 10.1. The summed E-state index contributed by atoms with van der Waals surface area (Å²) < 4.78 is 0. The quantitative estimate of drug-likeness (QED) is 0.0992. The number of nitrogens with two attached hydrogens (primary N) is 2. The lowest BCUT2D eigenvalue weighted by Gasteiger charge is -2.24. The van der Waals surface area contributed by atoms with E-state index in [0.29, 0.717) is 25.1 Å². The second-order valence-electron chi connectivity index (χ2n) is 6.97. The minimum Gasteiger partial charge on any atom is -0.481 e. The van der Waals surface area contributed by atoms with Gasteiger partial charge in [0.15, 0.2) is 0 Å². The predicted octanol–water partition coefficient (Wildman–Crippen LogP) is -2.80. The molecule has 0 saturated carbocycles. The number of nitrogens with one attached hydrogen (secondary N) is 3. The minimum atomic E-state index is -1.46. The summed E-state index contributed by atoms with van der Waals surface area (Å²) in [4.78, 5) is 59.2. The Morgan fingerprint density at radius 2 is 1.44 bits per heavy atom. The Morgan fingerprint density at radius 1 is 0.875 bits per heavy atom. The number of aliphatic hydroxyl groups is 1. The Kier molecular flexibility index (Phi) is 15.0. The van der Waals surface area contributed by atoms with Crippen molar-refractivity contribution in [1.29, 1.82) is 0 Å². The molecule has 4 atom stereocenters. The van der Waals surface area contributed by atoms with Crippen molar-refractivity contribution in [2.75, 3.05) is 25.2 Å². The predicted molar refractivity (Wildman–Crippen MR) is 117 cm³/mol. The topological polar surface area (TPSA) is 234 Å². The summed E-state index contributed by atoms with van der Waals surface area (Å²) in [6, 6.07) is -5.20. The van der Waals surface area contributed by atoms with Crippen molar-refractivity contribution in [2.24, 2.45) is 11.5 Å². The molecule has 0 aromatic heterocycles. The van der Waals surface area contributed by atoms with E-state index in [1.807, 2.05) is 0 Å². The molecule has 14 heteroatoms. The number of thioether (sulfide) groups is 1. The monoisotopic (exact) mass is 479 g/mol. The van der Waals surface area contributed by atoms with E-state index in [0.717, 1.165) is 0 Å². The molecular weight excluding hydrogens is 446 g/mol. The number of rotatable bonds is 17. The summed E-state index contributed by atoms with van der Waals surface area (Å²) in [7, 11) is 0. The Hall–Kier alpha value is -2.42. The van der Waals surface area contributed by atoms with Crippen LogP contribution in [0.3, 0.4) is 0 Å². The smallest absolute Gasteiger partial charge is 0.326 e. The molecule has 3 amide bonds. The van der Waals surface area contributed by atoms with Crippen molar-refractivity contribution < 1.29 is 39.3 Å². The summed E-state index contributed by atoms with van der Waals surface area (Å²) >= 11 is 1.39. The molecule has 0 aromatic rings. The van der Waals surface area contributed by atoms with Crippen LogP contribution < -0.4 is 27.4 Å². The Morgan fingerprint density at radius 3 is 1.94 bits per heavy atom. The Labute approximate surface area is 190 Å². The van der Waals surface area contributed by atoms with Crippen molar-refractivity contribution in [3.63, 3.8) is 0 Å². The van der Waals surface area contributed by atoms with Crippen LogP contribution in [-0.2, 0) is 24.0 Å². The number of hydrogen-bond donors (Lipinski definition) is 8. The Balaban J connectivity index is 5.14. The first-order chi connectivity index (χ1) is 15.1. The van der Waals surface area contributed by atoms with Crippen LogP contribution in [-0.4, -0.2) is 94.3 Å². The first-order valence-corrected chi connectivity index (χ1v) is 11.4. The zero-order valence-electron chi connectivity index (χ0n) is 17.9. The molecule has 184 valence electrons. The van der Waals surface area contributed by atoms with Crippen LogP contribution in [0.15, 0.2) is 0 Å². The molecule has 0 aromatic carbocycles. The molecule has 0 rings (SSSR count). The van der Waals surface area contributed by atoms with Gasteiger partial charge in [0.1, 0.15) is 18.1 Å². The van der Waals surface area contributed by atoms with Crippen molar-refractivity contribution in [2.45, 2.75) is 56.3 Å². The molecule has 0 radical (unpaired) electrons. The number of aliphatic carboxylic acids is 2. The van der Waals surface area contributed by atoms with E-state index in [1.165, 1.54) is 11.8 Å². The van der Waals surface area contributed by atoms with Gasteiger partial charge in [0.2, 0.25) is 17.7 Å². The maximum Gasteiger partial charge on any atom is 0.326 e. The molecule has 0 aliphatic carbocycles. The van der Waals surface area contributed by atoms with Crippen LogP contribution >= 0.6 is 11.8 Å². The van der Waals surface area contributed by atoms with Gasteiger partial charge in [-0.1, -0.05) is 0 Å². The molecule has 0 aliphatic heterocycles. The second-order valence-corrected chi connectivity index (χ2v) is 7.96. The largest absolute Gasteiger partial charge is 0.481 e. The second kappa shape index (κ2) is 16.2. The maximum absolute atomic E-state index is 12.6. The van der Waals surface area contributed by atoms with Crippen molar-refractivity contribution in [1.82, 2.24) is 16.0 Å². The van der Waals surface area contributed by atoms with Crippen LogP contribution in [0.25, 0.3) is 0 Å². The van der Waals surface area contributed by atoms with Gasteiger partial charge in [-0.15, -0.1) is 0 Å². The highest BCUT2D eigenvalue weighted by Gasteiger charge is 2.30. The Bertz CT molecular complexity index is 651. The molecular formula is C18H33N5O8S. The first-order valence-electron chi connectivity index (χ1n) is 9.98. The summed E-state index contributed by atoms with van der Waals surface area (Å²) in [6.07, 6.45) is 2.44. The number of unbranched alkanes of at least 4 members (excludes halogenated alkanes) is 1. The summed E-state index contributed by atoms with van der Waals surface area (Å²) in [5.41, 5.74) is 10.9. The summed E-state index contributed by atoms with van der Waals surface area (Å²) in [6.45, 7) is -0.441. The van der Waals surface area contributed by atoms with Gasteiger partial charge in [-0.05, 0) is 44.2 Å². The SMILES string of the molecule is CSCCC(NC(=O)C(N)CC(=O)O)C(=O)NC(CO)C(=O)NC(CCCCN)C(=O)O. The third-order valence-corrected chi connectivity index (χ3v) is 5.00. The maximum atomic E-state index is 12.6. The van der Waals surface area contributed by atoms with Gasteiger partial charge in [0.05, 0.1) is 19.1 Å². The average molecular weight is 480 g/mol. The third kappa shape index (κ3) is 11.8. The highest BCUT2D eigenvalue weighted by Crippen LogP contribution is 2.04. The lowest BCUT2D eigenvalue weighted by Crippen LogP contribution is -2.58. The van der Waals surface area contributed by atoms with E-state index in [-0.39, 0.29) is 12.8 Å². The number of carboxylic acid groups (broad SMARTS) is 2. The van der Waals surface area contributed by atoms with E-state index in [4.69, 9.17) is 16.6 Å². The van der Waals surface area contributed by atoms with E-state index >= 15 is 0 Å². The van der Waals surface area contributed by atoms with Gasteiger partial charge in [-0.25, -0.2) is 4.79 Å². The van der Waals surface area contributed by atoms with Crippen LogP contribution in [0, 0.1) is 0 Å². The van der Waals surface area contributed by atoms with Gasteiger partial charge in [-0.3, -0.25) is 19.2 Å². The van der Waals surface area contributed by atoms with Crippen molar-refractivity contribution in [3.8, 4) is 0 Å². The highest BCUT2D eigenvalue weighted by molar-refractivity contribution is 7.98. The molecule has 10 N–H and O–H groups in total. The molecule has 0 aliphatic rings. The number of carbonyl (C=O) groups is 5. The fourth-order valence-electron chi connectivity index (χ4n) is 2.55. The molecule has 13 nitrogen and oxygen atoms in total. The van der Waals surface area contributed by atoms with E-state index in [9.17, 15) is 34.2 Å². The lowest BCUT2D eigenvalue weighted by molar-refractivity contribution is -0.142. The number of carbonyl (C=O) groups excluding carboxylic acids is 3. The molecule has 32 heavy (non-hydrogen) atoms. The van der Waals surface area contributed by atoms with E-state index in [1.54, 1.807) is 6.26 Å². The van der Waals surface area contributed by atoms with Gasteiger partial charge in [0.25, 0.3) is 0 Å². The van der Waals surface area contributed by atoms with E-state index in [2.05, 4.69) is 16.0 Å². The summed E-state index contributed by atoms with van der Waals surface area (Å²) in [5.74, 6) is -4.67. The zero-order chi connectivity index (χ0) is 24.7. The van der Waals surface area contributed by atoms with Crippen LogP contribution in [0.4, 0.5) is 0 Å². The number of aliphatic hydroxyl groups excluding tert-OH is 1. The van der Waals surface area contributed by atoms with Gasteiger partial charge in [0, 0.05) is 0 Å².